The summed E-state index contributed by atoms with van der Waals surface area (Å²) in [4.78, 5) is 5.30. The molecular weight excluding hydrogens is 285 g/mol. The van der Waals surface area contributed by atoms with Gasteiger partial charge in [-0.2, -0.15) is 13.2 Å². The van der Waals surface area contributed by atoms with Gasteiger partial charge in [0, 0.05) is 17.2 Å². The monoisotopic (exact) mass is 298 g/mol. The molecule has 1 aliphatic carbocycles. The Balaban J connectivity index is 1.88. The van der Waals surface area contributed by atoms with Crippen LogP contribution >= 0.6 is 11.3 Å². The number of halogens is 3. The largest absolute Gasteiger partial charge is 0.416 e. The first kappa shape index (κ1) is 13.4. The summed E-state index contributed by atoms with van der Waals surface area (Å²) >= 11 is 1.38. The van der Waals surface area contributed by atoms with Crippen LogP contribution in [0.4, 0.5) is 18.3 Å². The number of thiazole rings is 1. The molecule has 2 nitrogen and oxygen atoms in total. The van der Waals surface area contributed by atoms with Gasteiger partial charge in [0.1, 0.15) is 0 Å². The van der Waals surface area contributed by atoms with Crippen LogP contribution in [0.25, 0.3) is 0 Å². The van der Waals surface area contributed by atoms with E-state index in [1.807, 2.05) is 0 Å². The van der Waals surface area contributed by atoms with Crippen molar-refractivity contribution in [1.82, 2.24) is 4.98 Å². The third-order valence-electron chi connectivity index (χ3n) is 3.33. The van der Waals surface area contributed by atoms with Crippen molar-refractivity contribution in [2.75, 3.05) is 5.73 Å². The minimum atomic E-state index is -4.30. The molecule has 1 aromatic carbocycles. The van der Waals surface area contributed by atoms with Crippen molar-refractivity contribution in [3.05, 3.63) is 46.0 Å². The van der Waals surface area contributed by atoms with Crippen LogP contribution in [0.15, 0.2) is 24.3 Å². The molecule has 0 amide bonds. The first-order valence-electron chi connectivity index (χ1n) is 6.34. The standard InChI is InChI=1S/C14H13F3N2S/c15-14(16,17)10-3-1-2-8(6-10)7-11-12(9-4-5-9)19-13(18)20-11/h1-3,6,9H,4-5,7H2,(H2,18,19). The van der Waals surface area contributed by atoms with Crippen molar-refractivity contribution in [2.24, 2.45) is 0 Å². The predicted octanol–water partition coefficient (Wildman–Crippen LogP) is 4.21. The number of nitrogen functional groups attached to an aromatic ring is 1. The SMILES string of the molecule is Nc1nc(C2CC2)c(Cc2cccc(C(F)(F)F)c2)s1. The molecule has 0 bridgehead atoms. The lowest BCUT2D eigenvalue weighted by molar-refractivity contribution is -0.137. The van der Waals surface area contributed by atoms with Gasteiger partial charge >= 0.3 is 6.18 Å². The quantitative estimate of drug-likeness (QED) is 0.921. The summed E-state index contributed by atoms with van der Waals surface area (Å²) in [5, 5.41) is 0.494. The zero-order valence-electron chi connectivity index (χ0n) is 10.6. The molecule has 1 aliphatic rings. The van der Waals surface area contributed by atoms with E-state index in [-0.39, 0.29) is 0 Å². The van der Waals surface area contributed by atoms with E-state index in [1.165, 1.54) is 23.5 Å². The Morgan fingerprint density at radius 2 is 2.05 bits per heavy atom. The average molecular weight is 298 g/mol. The Bertz CT molecular complexity index is 630. The van der Waals surface area contributed by atoms with Gasteiger partial charge in [-0.25, -0.2) is 4.98 Å². The minimum Gasteiger partial charge on any atom is -0.375 e. The number of nitrogens with two attached hydrogens (primary N) is 1. The highest BCUT2D eigenvalue weighted by atomic mass is 32.1. The molecule has 1 saturated carbocycles. The maximum absolute atomic E-state index is 12.7. The Labute approximate surface area is 118 Å². The lowest BCUT2D eigenvalue weighted by Crippen LogP contribution is -2.05. The number of hydrogen-bond acceptors (Lipinski definition) is 3. The third-order valence-corrected chi connectivity index (χ3v) is 4.23. The van der Waals surface area contributed by atoms with Gasteiger partial charge in [0.15, 0.2) is 5.13 Å². The second kappa shape index (κ2) is 4.77. The van der Waals surface area contributed by atoms with Gasteiger partial charge in [-0.1, -0.05) is 18.2 Å². The van der Waals surface area contributed by atoms with Crippen LogP contribution in [0.5, 0.6) is 0 Å². The molecular formula is C14H13F3N2S. The fourth-order valence-corrected chi connectivity index (χ4v) is 3.18. The van der Waals surface area contributed by atoms with Gasteiger partial charge in [-0.05, 0) is 24.5 Å². The summed E-state index contributed by atoms with van der Waals surface area (Å²) in [5.41, 5.74) is 6.74. The minimum absolute atomic E-state index is 0.448. The summed E-state index contributed by atoms with van der Waals surface area (Å²) in [6.07, 6.45) is -1.65. The van der Waals surface area contributed by atoms with Gasteiger partial charge in [-0.3, -0.25) is 0 Å². The van der Waals surface area contributed by atoms with E-state index >= 15 is 0 Å². The van der Waals surface area contributed by atoms with Crippen LogP contribution in [0, 0.1) is 0 Å². The van der Waals surface area contributed by atoms with Crippen LogP contribution in [0.2, 0.25) is 0 Å². The lowest BCUT2D eigenvalue weighted by Gasteiger charge is -2.08. The number of benzene rings is 1. The second-order valence-electron chi connectivity index (χ2n) is 5.01. The molecule has 20 heavy (non-hydrogen) atoms. The van der Waals surface area contributed by atoms with E-state index in [4.69, 9.17) is 5.73 Å². The molecule has 1 fully saturated rings. The Kier molecular flexibility index (Phi) is 3.20. The first-order valence-corrected chi connectivity index (χ1v) is 7.16. The summed E-state index contributed by atoms with van der Waals surface area (Å²) in [5.74, 6) is 0.448. The highest BCUT2D eigenvalue weighted by Gasteiger charge is 2.31. The molecule has 0 atom stereocenters. The summed E-state index contributed by atoms with van der Waals surface area (Å²) in [6.45, 7) is 0. The highest BCUT2D eigenvalue weighted by molar-refractivity contribution is 7.15. The fraction of sp³-hybridized carbons (Fsp3) is 0.357. The van der Waals surface area contributed by atoms with Gasteiger partial charge < -0.3 is 5.73 Å². The van der Waals surface area contributed by atoms with Crippen LogP contribution in [-0.2, 0) is 12.6 Å². The lowest BCUT2D eigenvalue weighted by atomic mass is 10.1. The van der Waals surface area contributed by atoms with E-state index in [0.717, 1.165) is 29.5 Å². The van der Waals surface area contributed by atoms with Gasteiger partial charge in [0.2, 0.25) is 0 Å². The van der Waals surface area contributed by atoms with Crippen molar-refractivity contribution in [3.63, 3.8) is 0 Å². The van der Waals surface area contributed by atoms with E-state index in [1.54, 1.807) is 6.07 Å². The fourth-order valence-electron chi connectivity index (χ4n) is 2.23. The van der Waals surface area contributed by atoms with Crippen molar-refractivity contribution in [1.29, 1.82) is 0 Å². The van der Waals surface area contributed by atoms with Crippen molar-refractivity contribution in [2.45, 2.75) is 31.4 Å². The van der Waals surface area contributed by atoms with Gasteiger partial charge in [-0.15, -0.1) is 11.3 Å². The van der Waals surface area contributed by atoms with Crippen molar-refractivity contribution < 1.29 is 13.2 Å². The molecule has 0 unspecified atom stereocenters. The van der Waals surface area contributed by atoms with Crippen LogP contribution < -0.4 is 5.73 Å². The van der Waals surface area contributed by atoms with Gasteiger partial charge in [0.05, 0.1) is 11.3 Å². The first-order chi connectivity index (χ1) is 9.43. The number of hydrogen-bond donors (Lipinski definition) is 1. The predicted molar refractivity (Wildman–Crippen MR) is 72.8 cm³/mol. The highest BCUT2D eigenvalue weighted by Crippen LogP contribution is 2.43. The molecule has 1 aromatic heterocycles. The maximum atomic E-state index is 12.7. The number of rotatable bonds is 3. The molecule has 0 saturated heterocycles. The van der Waals surface area contributed by atoms with Crippen LogP contribution in [0.3, 0.4) is 0 Å². The Hall–Kier alpha value is -1.56. The molecule has 6 heteroatoms. The molecule has 0 spiro atoms. The zero-order valence-corrected chi connectivity index (χ0v) is 11.4. The van der Waals surface area contributed by atoms with Crippen LogP contribution in [0.1, 0.15) is 40.5 Å². The molecule has 2 N–H and O–H groups in total. The number of anilines is 1. The van der Waals surface area contributed by atoms with E-state index in [2.05, 4.69) is 4.98 Å². The molecule has 0 aliphatic heterocycles. The smallest absolute Gasteiger partial charge is 0.375 e. The molecule has 2 aromatic rings. The maximum Gasteiger partial charge on any atom is 0.416 e. The average Bonchev–Trinajstić information content (AvgIpc) is 3.14. The number of nitrogens with zero attached hydrogens (tertiary/aromatic N) is 1. The van der Waals surface area contributed by atoms with Crippen molar-refractivity contribution in [3.8, 4) is 0 Å². The summed E-state index contributed by atoms with van der Waals surface area (Å²) in [7, 11) is 0. The number of alkyl halides is 3. The topological polar surface area (TPSA) is 38.9 Å². The molecule has 0 radical (unpaired) electrons. The van der Waals surface area contributed by atoms with E-state index in [0.29, 0.717) is 23.0 Å². The molecule has 1 heterocycles. The molecule has 106 valence electrons. The van der Waals surface area contributed by atoms with Crippen LogP contribution in [-0.4, -0.2) is 4.98 Å². The number of aromatic nitrogens is 1. The van der Waals surface area contributed by atoms with Gasteiger partial charge in [0.25, 0.3) is 0 Å². The second-order valence-corrected chi connectivity index (χ2v) is 6.12. The summed E-state index contributed by atoms with van der Waals surface area (Å²) in [6, 6.07) is 5.44. The van der Waals surface area contributed by atoms with Crippen molar-refractivity contribution >= 4 is 16.5 Å². The Morgan fingerprint density at radius 1 is 1.30 bits per heavy atom. The van der Waals surface area contributed by atoms with E-state index < -0.39 is 11.7 Å². The van der Waals surface area contributed by atoms with E-state index in [9.17, 15) is 13.2 Å². The summed E-state index contributed by atoms with van der Waals surface area (Å²) < 4.78 is 38.1. The molecule has 3 rings (SSSR count). The Morgan fingerprint density at radius 3 is 2.70 bits per heavy atom. The third kappa shape index (κ3) is 2.80. The zero-order chi connectivity index (χ0) is 14.3. The normalized spacial score (nSPS) is 15.6.